The van der Waals surface area contributed by atoms with Crippen molar-refractivity contribution in [3.8, 4) is 0 Å². The molecule has 1 aliphatic heterocycles. The van der Waals surface area contributed by atoms with E-state index in [-0.39, 0.29) is 23.1 Å². The average Bonchev–Trinajstić information content (AvgIpc) is 3.68. The van der Waals surface area contributed by atoms with Crippen molar-refractivity contribution in [2.75, 3.05) is 31.1 Å². The van der Waals surface area contributed by atoms with Gasteiger partial charge in [-0.15, -0.1) is 0 Å². The molecule has 0 spiro atoms. The number of amides is 2. The van der Waals surface area contributed by atoms with Gasteiger partial charge >= 0.3 is 5.97 Å². The summed E-state index contributed by atoms with van der Waals surface area (Å²) in [5.41, 5.74) is 0.495. The zero-order valence-electron chi connectivity index (χ0n) is 18.9. The summed E-state index contributed by atoms with van der Waals surface area (Å²) in [4.78, 5) is 51.3. The van der Waals surface area contributed by atoms with Crippen molar-refractivity contribution in [2.24, 2.45) is 5.92 Å². The molecule has 4 rings (SSSR count). The number of nitrogens with zero attached hydrogens (tertiary/aromatic N) is 3. The van der Waals surface area contributed by atoms with Crippen LogP contribution in [0.15, 0.2) is 42.5 Å². The highest BCUT2D eigenvalue weighted by molar-refractivity contribution is 5.96. The molecule has 10 nitrogen and oxygen atoms in total. The lowest BCUT2D eigenvalue weighted by Gasteiger charge is -2.36. The van der Waals surface area contributed by atoms with Gasteiger partial charge in [-0.2, -0.15) is 0 Å². The maximum absolute atomic E-state index is 13.3. The molecule has 1 atom stereocenters. The number of nitrogens with one attached hydrogen (secondary N) is 1. The number of halogens is 1. The van der Waals surface area contributed by atoms with Crippen molar-refractivity contribution >= 4 is 29.2 Å². The predicted molar refractivity (Wildman–Crippen MR) is 123 cm³/mol. The standard InChI is InChI=1S/C24H25FN4O6/c25-18-6-3-15(4-7-18)19(14-22(30)31)26-23(32)17-5-8-20(21(13-17)29(34)35)27-9-11-28(12-10-27)24(33)16-1-2-16/h3-8,13,16,19H,1-2,9-12,14H2,(H,26,32)(H,30,31). The second kappa shape index (κ2) is 10.1. The number of benzene rings is 2. The molecule has 11 heteroatoms. The van der Waals surface area contributed by atoms with Gasteiger partial charge in [0.1, 0.15) is 11.5 Å². The van der Waals surface area contributed by atoms with Crippen LogP contribution in [0.25, 0.3) is 0 Å². The van der Waals surface area contributed by atoms with E-state index in [9.17, 15) is 34.0 Å². The SMILES string of the molecule is O=C(O)CC(NC(=O)c1ccc(N2CCN(C(=O)C3CC3)CC2)c([N+](=O)[O-])c1)c1ccc(F)cc1. The summed E-state index contributed by atoms with van der Waals surface area (Å²) in [6, 6.07) is 8.23. The molecule has 2 aliphatic rings. The van der Waals surface area contributed by atoms with Crippen molar-refractivity contribution in [3.05, 3.63) is 69.5 Å². The first-order valence-electron chi connectivity index (χ1n) is 11.3. The Balaban J connectivity index is 1.49. The number of carboxylic acid groups (broad SMARTS) is 1. The second-order valence-corrected chi connectivity index (χ2v) is 8.72. The molecule has 2 fully saturated rings. The van der Waals surface area contributed by atoms with Crippen molar-refractivity contribution in [2.45, 2.75) is 25.3 Å². The second-order valence-electron chi connectivity index (χ2n) is 8.72. The Labute approximate surface area is 200 Å². The smallest absolute Gasteiger partial charge is 0.305 e. The number of carbonyl (C=O) groups excluding carboxylic acids is 2. The van der Waals surface area contributed by atoms with E-state index in [0.717, 1.165) is 31.0 Å². The van der Waals surface area contributed by atoms with Crippen LogP contribution in [0.4, 0.5) is 15.8 Å². The van der Waals surface area contributed by atoms with E-state index in [1.807, 2.05) is 4.90 Å². The van der Waals surface area contributed by atoms with Crippen molar-refractivity contribution in [1.82, 2.24) is 10.2 Å². The lowest BCUT2D eigenvalue weighted by molar-refractivity contribution is -0.384. The monoisotopic (exact) mass is 484 g/mol. The van der Waals surface area contributed by atoms with Gasteiger partial charge in [-0.1, -0.05) is 12.1 Å². The molecule has 2 N–H and O–H groups in total. The van der Waals surface area contributed by atoms with Gasteiger partial charge in [0.2, 0.25) is 5.91 Å². The quantitative estimate of drug-likeness (QED) is 0.435. The first kappa shape index (κ1) is 24.1. The molecule has 2 aromatic carbocycles. The molecule has 1 saturated heterocycles. The summed E-state index contributed by atoms with van der Waals surface area (Å²) >= 11 is 0. The Kier molecular flexibility index (Phi) is 6.94. The minimum absolute atomic E-state index is 0.000461. The van der Waals surface area contributed by atoms with Crippen LogP contribution in [0.1, 0.15) is 41.2 Å². The number of carbonyl (C=O) groups is 3. The summed E-state index contributed by atoms with van der Waals surface area (Å²) in [6.07, 6.45) is 1.40. The number of piperazine rings is 1. The average molecular weight is 484 g/mol. The predicted octanol–water partition coefficient (Wildman–Crippen LogP) is 2.74. The molecular formula is C24H25FN4O6. The van der Waals surface area contributed by atoms with Gasteiger partial charge in [-0.3, -0.25) is 24.5 Å². The van der Waals surface area contributed by atoms with Crippen molar-refractivity contribution in [1.29, 1.82) is 0 Å². The molecule has 35 heavy (non-hydrogen) atoms. The van der Waals surface area contributed by atoms with E-state index in [4.69, 9.17) is 0 Å². The van der Waals surface area contributed by atoms with E-state index >= 15 is 0 Å². The van der Waals surface area contributed by atoms with Gasteiger partial charge in [-0.05, 0) is 42.7 Å². The summed E-state index contributed by atoms with van der Waals surface area (Å²) in [7, 11) is 0. The van der Waals surface area contributed by atoms with Gasteiger partial charge in [0.15, 0.2) is 0 Å². The first-order valence-corrected chi connectivity index (χ1v) is 11.3. The van der Waals surface area contributed by atoms with E-state index in [1.165, 1.54) is 24.3 Å². The molecule has 2 amide bonds. The van der Waals surface area contributed by atoms with Crippen LogP contribution in [0.5, 0.6) is 0 Å². The number of nitro groups is 1. The fourth-order valence-electron chi connectivity index (χ4n) is 4.20. The van der Waals surface area contributed by atoms with E-state index < -0.39 is 35.1 Å². The first-order chi connectivity index (χ1) is 16.7. The van der Waals surface area contributed by atoms with Gasteiger partial charge in [0.25, 0.3) is 11.6 Å². The Hall–Kier alpha value is -4.02. The Morgan fingerprint density at radius 3 is 2.31 bits per heavy atom. The molecule has 2 aromatic rings. The lowest BCUT2D eigenvalue weighted by atomic mass is 10.0. The largest absolute Gasteiger partial charge is 0.481 e. The number of anilines is 1. The minimum atomic E-state index is -1.17. The Morgan fingerprint density at radius 2 is 1.74 bits per heavy atom. The minimum Gasteiger partial charge on any atom is -0.481 e. The van der Waals surface area contributed by atoms with Gasteiger partial charge < -0.3 is 20.2 Å². The highest BCUT2D eigenvalue weighted by atomic mass is 19.1. The zero-order valence-corrected chi connectivity index (χ0v) is 18.9. The van der Waals surface area contributed by atoms with Crippen LogP contribution in [-0.4, -0.2) is 58.9 Å². The summed E-state index contributed by atoms with van der Waals surface area (Å²) in [5.74, 6) is -2.09. The Bertz CT molecular complexity index is 1140. The van der Waals surface area contributed by atoms with Crippen LogP contribution in [0, 0.1) is 21.8 Å². The van der Waals surface area contributed by atoms with Crippen LogP contribution in [0.3, 0.4) is 0 Å². The summed E-state index contributed by atoms with van der Waals surface area (Å²) < 4.78 is 13.3. The molecule has 0 aromatic heterocycles. The van der Waals surface area contributed by atoms with E-state index in [1.54, 1.807) is 4.90 Å². The normalized spacial score (nSPS) is 16.5. The molecule has 1 saturated carbocycles. The Morgan fingerprint density at radius 1 is 1.09 bits per heavy atom. The molecule has 1 heterocycles. The fourth-order valence-corrected chi connectivity index (χ4v) is 4.20. The fraction of sp³-hybridized carbons (Fsp3) is 0.375. The third-order valence-corrected chi connectivity index (χ3v) is 6.25. The number of carboxylic acids is 1. The number of aliphatic carboxylic acids is 1. The van der Waals surface area contributed by atoms with Gasteiger partial charge in [0.05, 0.1) is 17.4 Å². The summed E-state index contributed by atoms with van der Waals surface area (Å²) in [6.45, 7) is 1.83. The maximum Gasteiger partial charge on any atom is 0.305 e. The maximum atomic E-state index is 13.3. The van der Waals surface area contributed by atoms with E-state index in [0.29, 0.717) is 37.4 Å². The van der Waals surface area contributed by atoms with E-state index in [2.05, 4.69) is 5.32 Å². The number of hydrogen-bond donors (Lipinski definition) is 2. The molecule has 1 unspecified atom stereocenters. The van der Waals surface area contributed by atoms with Gasteiger partial charge in [0, 0.05) is 43.7 Å². The van der Waals surface area contributed by atoms with Crippen LogP contribution >= 0.6 is 0 Å². The molecular weight excluding hydrogens is 459 g/mol. The van der Waals surface area contributed by atoms with Crippen LogP contribution in [-0.2, 0) is 9.59 Å². The summed E-state index contributed by atoms with van der Waals surface area (Å²) in [5, 5.41) is 23.6. The van der Waals surface area contributed by atoms with Crippen molar-refractivity contribution < 1.29 is 28.8 Å². The molecule has 0 radical (unpaired) electrons. The van der Waals surface area contributed by atoms with Crippen molar-refractivity contribution in [3.63, 3.8) is 0 Å². The molecule has 184 valence electrons. The number of rotatable bonds is 8. The third-order valence-electron chi connectivity index (χ3n) is 6.25. The molecule has 1 aliphatic carbocycles. The van der Waals surface area contributed by atoms with Crippen LogP contribution < -0.4 is 10.2 Å². The van der Waals surface area contributed by atoms with Gasteiger partial charge in [-0.25, -0.2) is 4.39 Å². The lowest BCUT2D eigenvalue weighted by Crippen LogP contribution is -2.49. The highest BCUT2D eigenvalue weighted by Gasteiger charge is 2.35. The molecule has 0 bridgehead atoms. The number of nitro benzene ring substituents is 1. The number of hydrogen-bond acceptors (Lipinski definition) is 6. The third kappa shape index (κ3) is 5.73. The topological polar surface area (TPSA) is 133 Å². The highest BCUT2D eigenvalue weighted by Crippen LogP contribution is 2.33. The van der Waals surface area contributed by atoms with Crippen LogP contribution in [0.2, 0.25) is 0 Å². The zero-order chi connectivity index (χ0) is 25.1.